The van der Waals surface area contributed by atoms with Gasteiger partial charge in [0, 0.05) is 6.42 Å². The number of ether oxygens (including phenoxy) is 2. The molecule has 0 unspecified atom stereocenters. The van der Waals surface area contributed by atoms with Crippen molar-refractivity contribution < 1.29 is 23.0 Å². The largest absolute Gasteiger partial charge is 0.497 e. The van der Waals surface area contributed by atoms with Gasteiger partial charge >= 0.3 is 6.61 Å². The Balaban J connectivity index is 2.20. The fourth-order valence-corrected chi connectivity index (χ4v) is 1.96. The first kappa shape index (κ1) is 15.0. The average Bonchev–Trinajstić information content (AvgIpc) is 2.47. The molecule has 2 aromatic rings. The lowest BCUT2D eigenvalue weighted by Crippen LogP contribution is -2.09. The molecule has 0 fully saturated rings. The summed E-state index contributed by atoms with van der Waals surface area (Å²) < 4.78 is 34.1. The van der Waals surface area contributed by atoms with Crippen LogP contribution in [0.2, 0.25) is 0 Å². The first-order chi connectivity index (χ1) is 10.1. The van der Waals surface area contributed by atoms with Gasteiger partial charge in [-0.25, -0.2) is 0 Å². The van der Waals surface area contributed by atoms with Crippen LogP contribution in [0.4, 0.5) is 8.78 Å². The molecule has 0 bridgehead atoms. The first-order valence-corrected chi connectivity index (χ1v) is 6.30. The second-order valence-corrected chi connectivity index (χ2v) is 4.33. The van der Waals surface area contributed by atoms with Crippen molar-refractivity contribution in [3.8, 4) is 11.5 Å². The van der Waals surface area contributed by atoms with Crippen molar-refractivity contribution in [1.82, 2.24) is 0 Å². The summed E-state index contributed by atoms with van der Waals surface area (Å²) in [6.45, 7) is -2.96. The number of Topliss-reactive ketones (excluding diaryl/α,β-unsaturated/α-hetero) is 1. The number of ketones is 1. The van der Waals surface area contributed by atoms with Gasteiger partial charge in [-0.05, 0) is 29.8 Å². The summed E-state index contributed by atoms with van der Waals surface area (Å²) in [7, 11) is 1.53. The van der Waals surface area contributed by atoms with Crippen LogP contribution < -0.4 is 9.47 Å². The number of alkyl halides is 2. The van der Waals surface area contributed by atoms with Gasteiger partial charge in [-0.2, -0.15) is 8.78 Å². The molecule has 0 amide bonds. The monoisotopic (exact) mass is 292 g/mol. The summed E-state index contributed by atoms with van der Waals surface area (Å²) in [5.74, 6) is 0.234. The predicted molar refractivity (Wildman–Crippen MR) is 74.1 cm³/mol. The lowest BCUT2D eigenvalue weighted by molar-refractivity contribution is -0.0501. The Morgan fingerprint density at radius 2 is 1.90 bits per heavy atom. The zero-order valence-electron chi connectivity index (χ0n) is 11.4. The van der Waals surface area contributed by atoms with E-state index in [1.807, 2.05) is 0 Å². The molecule has 3 nitrogen and oxygen atoms in total. The maximum absolute atomic E-state index is 12.3. The zero-order chi connectivity index (χ0) is 15.2. The van der Waals surface area contributed by atoms with Crippen molar-refractivity contribution in [2.24, 2.45) is 0 Å². The van der Waals surface area contributed by atoms with Gasteiger partial charge in [0.1, 0.15) is 11.5 Å². The van der Waals surface area contributed by atoms with Crippen molar-refractivity contribution in [1.29, 1.82) is 0 Å². The highest BCUT2D eigenvalue weighted by atomic mass is 19.3. The Morgan fingerprint density at radius 3 is 2.62 bits per heavy atom. The van der Waals surface area contributed by atoms with Gasteiger partial charge in [-0.3, -0.25) is 4.79 Å². The molecule has 0 N–H and O–H groups in total. The smallest absolute Gasteiger partial charge is 0.387 e. The van der Waals surface area contributed by atoms with Crippen LogP contribution in [0, 0.1) is 0 Å². The van der Waals surface area contributed by atoms with Crippen molar-refractivity contribution in [3.05, 3.63) is 59.7 Å². The molecule has 5 heteroatoms. The molecule has 0 atom stereocenters. The van der Waals surface area contributed by atoms with Crippen LogP contribution >= 0.6 is 0 Å². The zero-order valence-corrected chi connectivity index (χ0v) is 11.4. The Bertz CT molecular complexity index is 626. The summed E-state index contributed by atoms with van der Waals surface area (Å²) in [5.41, 5.74) is 0.881. The van der Waals surface area contributed by atoms with E-state index in [2.05, 4.69) is 4.74 Å². The van der Waals surface area contributed by atoms with Crippen molar-refractivity contribution in [2.75, 3.05) is 7.11 Å². The lowest BCUT2D eigenvalue weighted by Gasteiger charge is -2.10. The molecule has 0 saturated heterocycles. The number of rotatable bonds is 6. The van der Waals surface area contributed by atoms with Crippen molar-refractivity contribution >= 4 is 5.78 Å². The van der Waals surface area contributed by atoms with Crippen LogP contribution in [0.25, 0.3) is 0 Å². The third kappa shape index (κ3) is 4.02. The van der Waals surface area contributed by atoms with E-state index in [-0.39, 0.29) is 23.5 Å². The molecule has 21 heavy (non-hydrogen) atoms. The molecule has 0 radical (unpaired) electrons. The highest BCUT2D eigenvalue weighted by Crippen LogP contribution is 2.23. The van der Waals surface area contributed by atoms with Crippen molar-refractivity contribution in [3.63, 3.8) is 0 Å². The second-order valence-electron chi connectivity index (χ2n) is 4.33. The van der Waals surface area contributed by atoms with Crippen LogP contribution in [0.5, 0.6) is 11.5 Å². The van der Waals surface area contributed by atoms with Gasteiger partial charge in [0.2, 0.25) is 0 Å². The molecule has 0 aliphatic rings. The quantitative estimate of drug-likeness (QED) is 0.761. The van der Waals surface area contributed by atoms with E-state index in [0.717, 1.165) is 5.56 Å². The molecular formula is C16H14F2O3. The van der Waals surface area contributed by atoms with Crippen LogP contribution in [0.15, 0.2) is 48.5 Å². The number of carbonyl (C=O) groups excluding carboxylic acids is 1. The van der Waals surface area contributed by atoms with E-state index in [9.17, 15) is 13.6 Å². The summed E-state index contributed by atoms with van der Waals surface area (Å²) in [4.78, 5) is 12.3. The molecule has 2 aromatic carbocycles. The molecule has 0 aliphatic heterocycles. The molecule has 0 saturated carbocycles. The van der Waals surface area contributed by atoms with Gasteiger partial charge in [-0.15, -0.1) is 0 Å². The fraction of sp³-hybridized carbons (Fsp3) is 0.188. The third-order valence-corrected chi connectivity index (χ3v) is 2.90. The summed E-state index contributed by atoms with van der Waals surface area (Å²) in [6, 6.07) is 13.0. The number of hydrogen-bond acceptors (Lipinski definition) is 3. The predicted octanol–water partition coefficient (Wildman–Crippen LogP) is 3.72. The van der Waals surface area contributed by atoms with Crippen LogP contribution in [-0.2, 0) is 6.42 Å². The van der Waals surface area contributed by atoms with Gasteiger partial charge in [0.25, 0.3) is 0 Å². The van der Waals surface area contributed by atoms with E-state index < -0.39 is 6.61 Å². The van der Waals surface area contributed by atoms with Crippen molar-refractivity contribution in [2.45, 2.75) is 13.0 Å². The average molecular weight is 292 g/mol. The number of halogens is 2. The molecule has 0 aliphatic carbocycles. The number of methoxy groups -OCH3 is 1. The number of carbonyl (C=O) groups is 1. The molecular weight excluding hydrogens is 278 g/mol. The minimum atomic E-state index is -2.96. The van der Waals surface area contributed by atoms with Crippen LogP contribution in [0.3, 0.4) is 0 Å². The summed E-state index contributed by atoms with van der Waals surface area (Å²) >= 11 is 0. The second kappa shape index (κ2) is 6.83. The van der Waals surface area contributed by atoms with E-state index >= 15 is 0 Å². The SMILES string of the molecule is COc1cccc(CC(=O)c2ccccc2OC(F)F)c1. The molecule has 0 aromatic heterocycles. The Labute approximate surface area is 121 Å². The first-order valence-electron chi connectivity index (χ1n) is 6.30. The van der Waals surface area contributed by atoms with E-state index in [1.165, 1.54) is 19.2 Å². The van der Waals surface area contributed by atoms with Gasteiger partial charge < -0.3 is 9.47 Å². The van der Waals surface area contributed by atoms with Crippen LogP contribution in [0.1, 0.15) is 15.9 Å². The Kier molecular flexibility index (Phi) is 4.87. The lowest BCUT2D eigenvalue weighted by atomic mass is 10.0. The number of hydrogen-bond donors (Lipinski definition) is 0. The highest BCUT2D eigenvalue weighted by molar-refractivity contribution is 6.00. The van der Waals surface area contributed by atoms with Gasteiger partial charge in [0.05, 0.1) is 12.7 Å². The minimum Gasteiger partial charge on any atom is -0.497 e. The number of para-hydroxylation sites is 1. The molecule has 2 rings (SSSR count). The van der Waals surface area contributed by atoms with E-state index in [4.69, 9.17) is 4.74 Å². The van der Waals surface area contributed by atoms with E-state index in [1.54, 1.807) is 36.4 Å². The Hall–Kier alpha value is -2.43. The topological polar surface area (TPSA) is 35.5 Å². The van der Waals surface area contributed by atoms with Gasteiger partial charge in [0.15, 0.2) is 5.78 Å². The normalized spacial score (nSPS) is 10.5. The summed E-state index contributed by atoms with van der Waals surface area (Å²) in [6.07, 6.45) is 0.0841. The fourth-order valence-electron chi connectivity index (χ4n) is 1.96. The number of benzene rings is 2. The van der Waals surface area contributed by atoms with E-state index in [0.29, 0.717) is 5.75 Å². The van der Waals surface area contributed by atoms with Gasteiger partial charge in [-0.1, -0.05) is 24.3 Å². The third-order valence-electron chi connectivity index (χ3n) is 2.90. The van der Waals surface area contributed by atoms with Crippen LogP contribution in [-0.4, -0.2) is 19.5 Å². The standard InChI is InChI=1S/C16H14F2O3/c1-20-12-6-4-5-11(9-12)10-14(19)13-7-2-3-8-15(13)21-16(17)18/h2-9,16H,10H2,1H3. The maximum atomic E-state index is 12.3. The molecule has 0 heterocycles. The maximum Gasteiger partial charge on any atom is 0.387 e. The Morgan fingerprint density at radius 1 is 1.14 bits per heavy atom. The summed E-state index contributed by atoms with van der Waals surface area (Å²) in [5, 5.41) is 0. The highest BCUT2D eigenvalue weighted by Gasteiger charge is 2.15. The molecule has 0 spiro atoms. The minimum absolute atomic E-state index is 0.0841. The molecule has 110 valence electrons.